The molecular formula is C56H53F2N7O8S. The van der Waals surface area contributed by atoms with Crippen LogP contribution >= 0.6 is 0 Å². The van der Waals surface area contributed by atoms with E-state index in [1.54, 1.807) is 31.4 Å². The number of primary sulfonamides is 1. The van der Waals surface area contributed by atoms with E-state index in [1.165, 1.54) is 24.3 Å². The van der Waals surface area contributed by atoms with E-state index in [4.69, 9.17) is 14.9 Å². The van der Waals surface area contributed by atoms with Crippen molar-refractivity contribution in [1.29, 1.82) is 0 Å². The first kappa shape index (κ1) is 47.8. The molecule has 380 valence electrons. The number of hydrogen-bond donors (Lipinski definition) is 3. The van der Waals surface area contributed by atoms with E-state index in [0.717, 1.165) is 51.4 Å². The molecule has 15 nitrogen and oxygen atoms in total. The van der Waals surface area contributed by atoms with Crippen LogP contribution in [0, 0.1) is 0 Å². The molecule has 6 aromatic carbocycles. The van der Waals surface area contributed by atoms with E-state index in [2.05, 4.69) is 25.1 Å². The van der Waals surface area contributed by atoms with Crippen LogP contribution in [0.5, 0.6) is 17.2 Å². The van der Waals surface area contributed by atoms with Gasteiger partial charge in [0.25, 0.3) is 0 Å². The maximum absolute atomic E-state index is 13.5. The molecule has 8 aromatic rings. The maximum atomic E-state index is 13.5. The summed E-state index contributed by atoms with van der Waals surface area (Å²) in [6, 6.07) is 46.8. The third-order valence-corrected chi connectivity index (χ3v) is 14.8. The Labute approximate surface area is 428 Å². The number of hydrogen-bond acceptors (Lipinski definition) is 11. The van der Waals surface area contributed by atoms with Crippen molar-refractivity contribution in [3.63, 3.8) is 0 Å². The van der Waals surface area contributed by atoms with Crippen molar-refractivity contribution >= 4 is 72.4 Å². The number of amides is 3. The fraction of sp³-hybridized carbons (Fsp3) is 0.196. The monoisotopic (exact) mass is 1020 g/mol. The van der Waals surface area contributed by atoms with Gasteiger partial charge in [0.05, 0.1) is 35.1 Å². The normalized spacial score (nSPS) is 16.7. The molecular weight excluding hydrogens is 969 g/mol. The summed E-state index contributed by atoms with van der Waals surface area (Å²) in [7, 11) is -2.30. The number of sulfonamides is 1. The molecule has 0 radical (unpaired) electrons. The summed E-state index contributed by atoms with van der Waals surface area (Å²) in [4.78, 5) is 53.3. The number of benzene rings is 6. The lowest BCUT2D eigenvalue weighted by atomic mass is 9.94. The standard InChI is InChI=1S/C30H28N4O3.C26H19F2N3O5S.3H2/c1-37-24-13-11-22(12-14-24)30(15-16-30)29(36)32-26-19-21-7-5-6-10-25(21)28(31-26)33-17-18-34(27(35)20-33)23-8-3-2-4-9-23;27-26(28)35-20-9-8-17(14-21(20)36-26)25(10-11-25)24(32)31-22-13-15-4-1-2-7-19(15)23(30-22)16-5-3-6-18(12-16)37(29,33)34;;;/h2-14,19H,15-18,20H2,1H3,(H,31,32,36);1-9,12-14H,10-11H2,(H2,29,33,34)(H,30,31,32);3*1H. The largest absolute Gasteiger partial charge is 0.586 e. The van der Waals surface area contributed by atoms with Crippen LogP contribution in [0.15, 0.2) is 163 Å². The zero-order valence-electron chi connectivity index (χ0n) is 39.8. The number of carbonyl (C=O) groups excluding carboxylic acids is 3. The summed E-state index contributed by atoms with van der Waals surface area (Å²) in [5.41, 5.74) is 1.93. The molecule has 74 heavy (non-hydrogen) atoms. The minimum Gasteiger partial charge on any atom is -0.497 e. The highest BCUT2D eigenvalue weighted by molar-refractivity contribution is 7.89. The number of aromatic nitrogens is 2. The number of pyridine rings is 2. The Kier molecular flexibility index (Phi) is 12.0. The van der Waals surface area contributed by atoms with Gasteiger partial charge in [-0.15, -0.1) is 8.78 Å². The molecule has 4 N–H and O–H groups in total. The number of nitrogens with two attached hydrogens (primary N) is 1. The average molecular weight is 1020 g/mol. The summed E-state index contributed by atoms with van der Waals surface area (Å²) in [6.45, 7) is 1.43. The molecule has 0 spiro atoms. The summed E-state index contributed by atoms with van der Waals surface area (Å²) < 4.78 is 65.0. The first-order valence-corrected chi connectivity index (χ1v) is 25.4. The number of nitrogens with one attached hydrogen (secondary N) is 2. The van der Waals surface area contributed by atoms with Gasteiger partial charge in [0, 0.05) is 39.4 Å². The molecule has 0 unspecified atom stereocenters. The maximum Gasteiger partial charge on any atom is 0.586 e. The zero-order valence-corrected chi connectivity index (χ0v) is 40.6. The lowest BCUT2D eigenvalue weighted by molar-refractivity contribution is -0.286. The van der Waals surface area contributed by atoms with Crippen LogP contribution in [0.2, 0.25) is 0 Å². The van der Waals surface area contributed by atoms with Crippen molar-refractivity contribution in [2.75, 3.05) is 47.2 Å². The number of piperazine rings is 1. The van der Waals surface area contributed by atoms with Gasteiger partial charge in [-0.1, -0.05) is 97.1 Å². The minimum atomic E-state index is -3.93. The zero-order chi connectivity index (χ0) is 51.4. The quantitative estimate of drug-likeness (QED) is 0.112. The number of rotatable bonds is 11. The number of ether oxygens (including phenoxy) is 3. The fourth-order valence-corrected chi connectivity index (χ4v) is 10.3. The molecule has 0 atom stereocenters. The topological polar surface area (TPSA) is 195 Å². The summed E-state index contributed by atoms with van der Waals surface area (Å²) >= 11 is 0. The second-order valence-electron chi connectivity index (χ2n) is 18.6. The van der Waals surface area contributed by atoms with E-state index in [-0.39, 0.29) is 50.8 Å². The molecule has 3 fully saturated rings. The smallest absolute Gasteiger partial charge is 0.497 e. The Morgan fingerprint density at radius 3 is 1.92 bits per heavy atom. The number of halogens is 2. The Morgan fingerprint density at radius 2 is 1.27 bits per heavy atom. The van der Waals surface area contributed by atoms with E-state index < -0.39 is 27.1 Å². The molecule has 2 aromatic heterocycles. The molecule has 2 saturated carbocycles. The third-order valence-electron chi connectivity index (χ3n) is 13.9. The van der Waals surface area contributed by atoms with Gasteiger partial charge in [-0.2, -0.15) is 0 Å². The number of para-hydroxylation sites is 1. The van der Waals surface area contributed by atoms with E-state index in [9.17, 15) is 31.6 Å². The highest BCUT2D eigenvalue weighted by Gasteiger charge is 2.53. The molecule has 12 rings (SSSR count). The van der Waals surface area contributed by atoms with Crippen molar-refractivity contribution in [3.8, 4) is 28.5 Å². The highest BCUT2D eigenvalue weighted by Crippen LogP contribution is 2.53. The predicted molar refractivity (Wildman–Crippen MR) is 282 cm³/mol. The van der Waals surface area contributed by atoms with E-state index in [1.807, 2.05) is 119 Å². The molecule has 18 heteroatoms. The van der Waals surface area contributed by atoms with Gasteiger partial charge in [-0.25, -0.2) is 23.5 Å². The lowest BCUT2D eigenvalue weighted by Crippen LogP contribution is -2.51. The number of carbonyl (C=O) groups is 3. The molecule has 2 aliphatic heterocycles. The summed E-state index contributed by atoms with van der Waals surface area (Å²) in [6.07, 6.45) is -1.12. The first-order valence-electron chi connectivity index (χ1n) is 23.8. The lowest BCUT2D eigenvalue weighted by Gasteiger charge is -2.35. The van der Waals surface area contributed by atoms with Crippen LogP contribution in [0.25, 0.3) is 32.8 Å². The molecule has 4 heterocycles. The molecule has 0 bridgehead atoms. The number of methoxy groups -OCH3 is 1. The predicted octanol–water partition coefficient (Wildman–Crippen LogP) is 10.0. The Balaban J connectivity index is 0.000000196. The second kappa shape index (κ2) is 18.5. The molecule has 4 aliphatic rings. The van der Waals surface area contributed by atoms with Crippen molar-refractivity contribution in [2.24, 2.45) is 5.14 Å². The van der Waals surface area contributed by atoms with Crippen molar-refractivity contribution in [2.45, 2.75) is 47.7 Å². The Morgan fingerprint density at radius 1 is 0.676 bits per heavy atom. The number of alkyl halides is 2. The van der Waals surface area contributed by atoms with Gasteiger partial charge in [-0.05, 0) is 108 Å². The summed E-state index contributed by atoms with van der Waals surface area (Å²) in [5, 5.41) is 14.7. The van der Waals surface area contributed by atoms with Crippen molar-refractivity contribution < 1.29 is 50.1 Å². The fourth-order valence-electron chi connectivity index (χ4n) is 9.70. The second-order valence-corrected chi connectivity index (χ2v) is 20.2. The van der Waals surface area contributed by atoms with Crippen LogP contribution < -0.4 is 39.8 Å². The van der Waals surface area contributed by atoms with Gasteiger partial charge in [0.2, 0.25) is 27.7 Å². The van der Waals surface area contributed by atoms with Crippen LogP contribution in [0.3, 0.4) is 0 Å². The van der Waals surface area contributed by atoms with Crippen LogP contribution in [0.4, 0.5) is 31.9 Å². The van der Waals surface area contributed by atoms with Crippen molar-refractivity contribution in [3.05, 3.63) is 169 Å². The van der Waals surface area contributed by atoms with Gasteiger partial charge in [0.1, 0.15) is 23.2 Å². The van der Waals surface area contributed by atoms with Crippen molar-refractivity contribution in [1.82, 2.24) is 9.97 Å². The third kappa shape index (κ3) is 9.29. The van der Waals surface area contributed by atoms with Gasteiger partial charge < -0.3 is 34.6 Å². The number of nitrogens with zero attached hydrogens (tertiary/aromatic N) is 4. The SMILES string of the molecule is COc1ccc(C2(C(=O)Nc3cc4ccccc4c(N4CCN(c5ccccc5)C(=O)C4)n3)CC2)cc1.NS(=O)(=O)c1cccc(-c2nc(NC(=O)C3(c4ccc5c(c4)OC(F)(F)O5)CC3)cc3ccccc23)c1.[HH].[HH].[HH]. The van der Waals surface area contributed by atoms with Gasteiger partial charge >= 0.3 is 6.29 Å². The number of anilines is 4. The highest BCUT2D eigenvalue weighted by atomic mass is 32.2. The van der Waals surface area contributed by atoms with Crippen LogP contribution in [0.1, 0.15) is 41.1 Å². The number of fused-ring (bicyclic) bond motifs is 3. The van der Waals surface area contributed by atoms with Gasteiger partial charge in [0.15, 0.2) is 11.5 Å². The summed E-state index contributed by atoms with van der Waals surface area (Å²) in [5.74, 6) is 1.65. The van der Waals surface area contributed by atoms with E-state index in [0.29, 0.717) is 54.4 Å². The Bertz CT molecular complexity index is 3670. The minimum absolute atomic E-state index is 0. The van der Waals surface area contributed by atoms with Crippen LogP contribution in [-0.4, -0.2) is 69.1 Å². The van der Waals surface area contributed by atoms with Gasteiger partial charge in [-0.3, -0.25) is 14.4 Å². The average Bonchev–Trinajstić information content (AvgIpc) is 4.39. The van der Waals surface area contributed by atoms with Crippen LogP contribution in [-0.2, 0) is 35.2 Å². The first-order chi connectivity index (χ1) is 35.6. The molecule has 1 saturated heterocycles. The molecule has 3 amide bonds. The van der Waals surface area contributed by atoms with E-state index >= 15 is 0 Å². The molecule has 2 aliphatic carbocycles. The Hall–Kier alpha value is -8.48.